The number of anilines is 1. The summed E-state index contributed by atoms with van der Waals surface area (Å²) in [5, 5.41) is 3.10. The van der Waals surface area contributed by atoms with E-state index in [9.17, 15) is 13.2 Å². The molecular formula is C13H18BrF3N2. The first kappa shape index (κ1) is 16.3. The van der Waals surface area contributed by atoms with Gasteiger partial charge in [-0.15, -0.1) is 0 Å². The number of hydrogen-bond acceptors (Lipinski definition) is 2. The third-order valence-corrected chi connectivity index (χ3v) is 3.69. The molecule has 0 fully saturated rings. The van der Waals surface area contributed by atoms with Crippen molar-refractivity contribution in [2.24, 2.45) is 0 Å². The molecule has 0 radical (unpaired) electrons. The molecule has 1 aromatic rings. The maximum absolute atomic E-state index is 12.5. The lowest BCUT2D eigenvalue weighted by Gasteiger charge is -2.25. The third-order valence-electron chi connectivity index (χ3n) is 3.00. The molecule has 108 valence electrons. The minimum atomic E-state index is -4.20. The first-order valence-electron chi connectivity index (χ1n) is 6.07. The molecule has 0 aliphatic heterocycles. The highest BCUT2D eigenvalue weighted by molar-refractivity contribution is 9.10. The first-order chi connectivity index (χ1) is 8.78. The topological polar surface area (TPSA) is 15.3 Å². The van der Waals surface area contributed by atoms with Crippen LogP contribution in [0.1, 0.15) is 25.5 Å². The van der Waals surface area contributed by atoms with Gasteiger partial charge in [-0.2, -0.15) is 13.2 Å². The van der Waals surface area contributed by atoms with Gasteiger partial charge in [0.05, 0.1) is 0 Å². The van der Waals surface area contributed by atoms with Gasteiger partial charge in [-0.25, -0.2) is 0 Å². The van der Waals surface area contributed by atoms with Crippen molar-refractivity contribution in [3.8, 4) is 0 Å². The lowest BCUT2D eigenvalue weighted by molar-refractivity contribution is -0.119. The van der Waals surface area contributed by atoms with Gasteiger partial charge in [0.1, 0.15) is 6.54 Å². The van der Waals surface area contributed by atoms with Gasteiger partial charge in [0, 0.05) is 22.7 Å². The quantitative estimate of drug-likeness (QED) is 0.868. The molecule has 1 atom stereocenters. The van der Waals surface area contributed by atoms with Crippen molar-refractivity contribution in [2.75, 3.05) is 25.0 Å². The third kappa shape index (κ3) is 4.69. The molecule has 2 nitrogen and oxygen atoms in total. The minimum Gasteiger partial charge on any atom is -0.363 e. The number of rotatable bonds is 5. The molecule has 1 unspecified atom stereocenters. The van der Waals surface area contributed by atoms with Crippen molar-refractivity contribution in [2.45, 2.75) is 26.1 Å². The Morgan fingerprint density at radius 3 is 2.42 bits per heavy atom. The molecule has 1 aromatic carbocycles. The van der Waals surface area contributed by atoms with Crippen LogP contribution in [-0.2, 0) is 0 Å². The van der Waals surface area contributed by atoms with Crippen LogP contribution in [0.25, 0.3) is 0 Å². The normalized spacial score (nSPS) is 13.4. The van der Waals surface area contributed by atoms with Crippen LogP contribution in [0.3, 0.4) is 0 Å². The molecule has 0 bridgehead atoms. The maximum Gasteiger partial charge on any atom is 0.405 e. The van der Waals surface area contributed by atoms with Crippen LogP contribution >= 0.6 is 15.9 Å². The van der Waals surface area contributed by atoms with E-state index in [1.807, 2.05) is 20.0 Å². The largest absolute Gasteiger partial charge is 0.405 e. The summed E-state index contributed by atoms with van der Waals surface area (Å²) in [6, 6.07) is 5.45. The average Bonchev–Trinajstić information content (AvgIpc) is 2.33. The van der Waals surface area contributed by atoms with Crippen LogP contribution < -0.4 is 10.2 Å². The Balaban J connectivity index is 2.98. The maximum atomic E-state index is 12.5. The second kappa shape index (κ2) is 6.61. The fourth-order valence-electron chi connectivity index (χ4n) is 1.82. The summed E-state index contributed by atoms with van der Waals surface area (Å²) in [6.07, 6.45) is -4.20. The molecule has 0 aliphatic carbocycles. The van der Waals surface area contributed by atoms with E-state index in [4.69, 9.17) is 0 Å². The summed E-state index contributed by atoms with van der Waals surface area (Å²) >= 11 is 3.42. The second-order valence-electron chi connectivity index (χ2n) is 4.35. The van der Waals surface area contributed by atoms with Crippen LogP contribution in [-0.4, -0.2) is 26.3 Å². The van der Waals surface area contributed by atoms with E-state index in [-0.39, 0.29) is 6.04 Å². The Kier molecular flexibility index (Phi) is 5.67. The summed E-state index contributed by atoms with van der Waals surface area (Å²) in [5.74, 6) is 0. The summed E-state index contributed by atoms with van der Waals surface area (Å²) in [7, 11) is 1.84. The number of halogens is 4. The molecular weight excluding hydrogens is 321 g/mol. The van der Waals surface area contributed by atoms with Crippen molar-refractivity contribution in [3.05, 3.63) is 28.2 Å². The smallest absolute Gasteiger partial charge is 0.363 e. The van der Waals surface area contributed by atoms with Gasteiger partial charge >= 0.3 is 6.18 Å². The molecule has 0 saturated carbocycles. The zero-order valence-corrected chi connectivity index (χ0v) is 12.8. The van der Waals surface area contributed by atoms with Crippen molar-refractivity contribution in [1.29, 1.82) is 0 Å². The van der Waals surface area contributed by atoms with Gasteiger partial charge in [0.2, 0.25) is 0 Å². The zero-order chi connectivity index (χ0) is 14.6. The fraction of sp³-hybridized carbons (Fsp3) is 0.538. The van der Waals surface area contributed by atoms with Crippen molar-refractivity contribution < 1.29 is 13.2 Å². The molecule has 0 heterocycles. The molecule has 0 amide bonds. The van der Waals surface area contributed by atoms with Gasteiger partial charge in [-0.05, 0) is 38.6 Å². The van der Waals surface area contributed by atoms with Crippen molar-refractivity contribution >= 4 is 21.6 Å². The van der Waals surface area contributed by atoms with E-state index in [0.717, 1.165) is 10.0 Å². The van der Waals surface area contributed by atoms with Gasteiger partial charge in [0.15, 0.2) is 0 Å². The van der Waals surface area contributed by atoms with E-state index in [0.29, 0.717) is 12.2 Å². The van der Waals surface area contributed by atoms with Gasteiger partial charge in [-0.3, -0.25) is 0 Å². The molecule has 0 spiro atoms. The predicted octanol–water partition coefficient (Wildman–Crippen LogP) is 4.12. The molecule has 0 aliphatic rings. The second-order valence-corrected chi connectivity index (χ2v) is 5.20. The summed E-state index contributed by atoms with van der Waals surface area (Å²) < 4.78 is 38.2. The Morgan fingerprint density at radius 2 is 2.00 bits per heavy atom. The van der Waals surface area contributed by atoms with Crippen LogP contribution in [0.15, 0.2) is 22.7 Å². The van der Waals surface area contributed by atoms with Gasteiger partial charge in [0.25, 0.3) is 0 Å². The minimum absolute atomic E-state index is 0.140. The highest BCUT2D eigenvalue weighted by Gasteiger charge is 2.30. The standard InChI is InChI=1S/C13H18BrF3N2/c1-4-19(8-13(15,16)17)10-5-6-11(9(2)18-3)12(14)7-10/h5-7,9,18H,4,8H2,1-3H3. The summed E-state index contributed by atoms with van der Waals surface area (Å²) in [4.78, 5) is 1.30. The zero-order valence-electron chi connectivity index (χ0n) is 11.2. The molecule has 1 rings (SSSR count). The van der Waals surface area contributed by atoms with E-state index in [2.05, 4.69) is 21.2 Å². The number of alkyl halides is 3. The SMILES string of the molecule is CCN(CC(F)(F)F)c1ccc(C(C)NC)c(Br)c1. The summed E-state index contributed by atoms with van der Waals surface area (Å²) in [5.41, 5.74) is 1.59. The van der Waals surface area contributed by atoms with Crippen LogP contribution in [0.2, 0.25) is 0 Å². The number of nitrogens with one attached hydrogen (secondary N) is 1. The predicted molar refractivity (Wildman–Crippen MR) is 75.6 cm³/mol. The summed E-state index contributed by atoms with van der Waals surface area (Å²) in [6.45, 7) is 3.08. The van der Waals surface area contributed by atoms with E-state index >= 15 is 0 Å². The molecule has 19 heavy (non-hydrogen) atoms. The van der Waals surface area contributed by atoms with Crippen molar-refractivity contribution in [1.82, 2.24) is 5.32 Å². The van der Waals surface area contributed by atoms with E-state index in [1.54, 1.807) is 19.1 Å². The Bertz CT molecular complexity index is 421. The van der Waals surface area contributed by atoms with Crippen LogP contribution in [0, 0.1) is 0 Å². The Labute approximate surface area is 120 Å². The monoisotopic (exact) mass is 338 g/mol. The Hall–Kier alpha value is -0.750. The van der Waals surface area contributed by atoms with Crippen LogP contribution in [0.5, 0.6) is 0 Å². The Morgan fingerprint density at radius 1 is 1.37 bits per heavy atom. The van der Waals surface area contributed by atoms with E-state index < -0.39 is 12.7 Å². The highest BCUT2D eigenvalue weighted by atomic mass is 79.9. The van der Waals surface area contributed by atoms with Crippen LogP contribution in [0.4, 0.5) is 18.9 Å². The van der Waals surface area contributed by atoms with Gasteiger partial charge in [-0.1, -0.05) is 22.0 Å². The number of nitrogens with zero attached hydrogens (tertiary/aromatic N) is 1. The molecule has 0 saturated heterocycles. The lowest BCUT2D eigenvalue weighted by Crippen LogP contribution is -2.34. The van der Waals surface area contributed by atoms with E-state index in [1.165, 1.54) is 4.90 Å². The molecule has 6 heteroatoms. The highest BCUT2D eigenvalue weighted by Crippen LogP contribution is 2.29. The first-order valence-corrected chi connectivity index (χ1v) is 6.86. The number of hydrogen-bond donors (Lipinski definition) is 1. The molecule has 1 N–H and O–H groups in total. The molecule has 0 aromatic heterocycles. The average molecular weight is 339 g/mol. The fourth-order valence-corrected chi connectivity index (χ4v) is 2.53. The number of benzene rings is 1. The lowest BCUT2D eigenvalue weighted by atomic mass is 10.1. The van der Waals surface area contributed by atoms with Crippen molar-refractivity contribution in [3.63, 3.8) is 0 Å². The van der Waals surface area contributed by atoms with Gasteiger partial charge < -0.3 is 10.2 Å².